The van der Waals surface area contributed by atoms with E-state index in [-0.39, 0.29) is 12.3 Å². The smallest absolute Gasteiger partial charge is 0.407 e. The number of hydrogen-bond donors (Lipinski definition) is 2. The van der Waals surface area contributed by atoms with E-state index >= 15 is 0 Å². The predicted molar refractivity (Wildman–Crippen MR) is 100 cm³/mol. The summed E-state index contributed by atoms with van der Waals surface area (Å²) in [7, 11) is 1.95. The first-order valence-electron chi connectivity index (χ1n) is 8.88. The van der Waals surface area contributed by atoms with E-state index in [1.807, 2.05) is 36.0 Å². The van der Waals surface area contributed by atoms with Crippen molar-refractivity contribution in [2.24, 2.45) is 7.05 Å². The van der Waals surface area contributed by atoms with Gasteiger partial charge in [-0.2, -0.15) is 0 Å². The normalized spacial score (nSPS) is 18.2. The number of aromatic nitrogens is 1. The largest absolute Gasteiger partial charge is 0.465 e. The molecule has 4 rings (SSSR count). The molecule has 1 aromatic heterocycles. The van der Waals surface area contributed by atoms with Crippen LogP contribution < -0.4 is 15.1 Å². The van der Waals surface area contributed by atoms with Gasteiger partial charge in [-0.25, -0.2) is 9.59 Å². The third-order valence-corrected chi connectivity index (χ3v) is 5.23. The van der Waals surface area contributed by atoms with Crippen LogP contribution in [0.4, 0.5) is 21.0 Å². The van der Waals surface area contributed by atoms with Crippen LogP contribution in [0.2, 0.25) is 0 Å². The predicted octanol–water partition coefficient (Wildman–Crippen LogP) is 1.42. The third kappa shape index (κ3) is 2.94. The zero-order valence-corrected chi connectivity index (χ0v) is 15.0. The summed E-state index contributed by atoms with van der Waals surface area (Å²) in [5.74, 6) is -0.256. The van der Waals surface area contributed by atoms with E-state index in [0.29, 0.717) is 32.7 Å². The molecule has 2 aliphatic rings. The Hall–Kier alpha value is -3.23. The first kappa shape index (κ1) is 17.2. The number of amides is 4. The maximum absolute atomic E-state index is 12.3. The first-order valence-corrected chi connectivity index (χ1v) is 8.88. The fourth-order valence-electron chi connectivity index (χ4n) is 3.80. The molecule has 2 N–H and O–H groups in total. The molecule has 0 saturated carbocycles. The minimum atomic E-state index is -0.889. The van der Waals surface area contributed by atoms with E-state index in [1.165, 1.54) is 4.90 Å². The molecule has 2 aliphatic heterocycles. The van der Waals surface area contributed by atoms with Crippen molar-refractivity contribution in [3.8, 4) is 0 Å². The SMILES string of the molecule is Cn1ccc2c(N3CCC(=O)NC3=O)ccc(N3CCN(C(=O)O)CC3)c21. The molecule has 142 valence electrons. The summed E-state index contributed by atoms with van der Waals surface area (Å²) < 4.78 is 2.00. The number of piperazine rings is 1. The number of carboxylic acid groups (broad SMARTS) is 1. The van der Waals surface area contributed by atoms with Gasteiger partial charge in [-0.05, 0) is 18.2 Å². The second kappa shape index (κ2) is 6.49. The van der Waals surface area contributed by atoms with Gasteiger partial charge >= 0.3 is 12.1 Å². The molecule has 9 heteroatoms. The average molecular weight is 371 g/mol. The number of hydrogen-bond acceptors (Lipinski definition) is 4. The molecule has 4 amide bonds. The van der Waals surface area contributed by atoms with Gasteiger partial charge < -0.3 is 19.5 Å². The van der Waals surface area contributed by atoms with Gasteiger partial charge in [0.05, 0.1) is 16.9 Å². The Morgan fingerprint density at radius 3 is 2.41 bits per heavy atom. The lowest BCUT2D eigenvalue weighted by atomic mass is 10.1. The molecule has 0 aliphatic carbocycles. The molecule has 2 fully saturated rings. The van der Waals surface area contributed by atoms with Crippen LogP contribution in [0.25, 0.3) is 10.9 Å². The Bertz CT molecular complexity index is 929. The van der Waals surface area contributed by atoms with E-state index in [9.17, 15) is 14.4 Å². The summed E-state index contributed by atoms with van der Waals surface area (Å²) in [4.78, 5) is 40.0. The Labute approximate surface area is 155 Å². The Morgan fingerprint density at radius 1 is 1.04 bits per heavy atom. The number of urea groups is 1. The van der Waals surface area contributed by atoms with Crippen LogP contribution in [-0.2, 0) is 11.8 Å². The van der Waals surface area contributed by atoms with Crippen LogP contribution in [0.1, 0.15) is 6.42 Å². The van der Waals surface area contributed by atoms with Gasteiger partial charge in [0, 0.05) is 57.8 Å². The average Bonchev–Trinajstić information content (AvgIpc) is 3.04. The Morgan fingerprint density at radius 2 is 1.74 bits per heavy atom. The molecule has 0 radical (unpaired) electrons. The van der Waals surface area contributed by atoms with Crippen molar-refractivity contribution < 1.29 is 19.5 Å². The molecule has 2 aromatic rings. The lowest BCUT2D eigenvalue weighted by Gasteiger charge is -2.35. The van der Waals surface area contributed by atoms with Crippen molar-refractivity contribution in [2.75, 3.05) is 42.5 Å². The van der Waals surface area contributed by atoms with Crippen LogP contribution in [0.3, 0.4) is 0 Å². The van der Waals surface area contributed by atoms with Crippen molar-refractivity contribution in [1.82, 2.24) is 14.8 Å². The van der Waals surface area contributed by atoms with Crippen molar-refractivity contribution in [1.29, 1.82) is 0 Å². The van der Waals surface area contributed by atoms with E-state index < -0.39 is 12.1 Å². The number of imide groups is 1. The lowest BCUT2D eigenvalue weighted by Crippen LogP contribution is -2.49. The molecule has 0 atom stereocenters. The van der Waals surface area contributed by atoms with Gasteiger partial charge in [0.15, 0.2) is 0 Å². The Balaban J connectivity index is 1.69. The van der Waals surface area contributed by atoms with Crippen LogP contribution in [-0.4, -0.2) is 65.3 Å². The quantitative estimate of drug-likeness (QED) is 0.832. The van der Waals surface area contributed by atoms with Gasteiger partial charge in [-0.15, -0.1) is 0 Å². The fraction of sp³-hybridized carbons (Fsp3) is 0.389. The van der Waals surface area contributed by atoms with Gasteiger partial charge in [0.25, 0.3) is 0 Å². The van der Waals surface area contributed by atoms with Gasteiger partial charge in [-0.1, -0.05) is 0 Å². The summed E-state index contributed by atoms with van der Waals surface area (Å²) in [6.45, 7) is 2.50. The Kier molecular flexibility index (Phi) is 4.14. The number of nitrogens with zero attached hydrogens (tertiary/aromatic N) is 4. The zero-order chi connectivity index (χ0) is 19.1. The fourth-order valence-corrected chi connectivity index (χ4v) is 3.80. The number of anilines is 2. The minimum Gasteiger partial charge on any atom is -0.465 e. The summed E-state index contributed by atoms with van der Waals surface area (Å²) >= 11 is 0. The van der Waals surface area contributed by atoms with Gasteiger partial charge in [0.2, 0.25) is 5.91 Å². The molecular weight excluding hydrogens is 350 g/mol. The van der Waals surface area contributed by atoms with Crippen molar-refractivity contribution in [3.63, 3.8) is 0 Å². The molecule has 0 unspecified atom stereocenters. The third-order valence-electron chi connectivity index (χ3n) is 5.23. The monoisotopic (exact) mass is 371 g/mol. The highest BCUT2D eigenvalue weighted by molar-refractivity contribution is 6.11. The van der Waals surface area contributed by atoms with Crippen LogP contribution in [0.15, 0.2) is 24.4 Å². The zero-order valence-electron chi connectivity index (χ0n) is 15.0. The molecule has 0 spiro atoms. The van der Waals surface area contributed by atoms with E-state index in [2.05, 4.69) is 10.2 Å². The second-order valence-corrected chi connectivity index (χ2v) is 6.80. The van der Waals surface area contributed by atoms with E-state index in [0.717, 1.165) is 22.3 Å². The summed E-state index contributed by atoms with van der Waals surface area (Å²) in [6.07, 6.45) is 1.33. The second-order valence-electron chi connectivity index (χ2n) is 6.80. The molecule has 3 heterocycles. The van der Waals surface area contributed by atoms with Crippen molar-refractivity contribution in [3.05, 3.63) is 24.4 Å². The van der Waals surface area contributed by atoms with E-state index in [4.69, 9.17) is 5.11 Å². The number of benzene rings is 1. The van der Waals surface area contributed by atoms with Crippen molar-refractivity contribution >= 4 is 40.3 Å². The number of carbonyl (C=O) groups excluding carboxylic acids is 2. The molecule has 2 saturated heterocycles. The molecule has 27 heavy (non-hydrogen) atoms. The molecule has 9 nitrogen and oxygen atoms in total. The summed E-state index contributed by atoms with van der Waals surface area (Å²) in [5.41, 5.74) is 2.77. The van der Waals surface area contributed by atoms with Crippen LogP contribution in [0.5, 0.6) is 0 Å². The lowest BCUT2D eigenvalue weighted by molar-refractivity contribution is -0.120. The van der Waals surface area contributed by atoms with Crippen molar-refractivity contribution in [2.45, 2.75) is 6.42 Å². The maximum Gasteiger partial charge on any atom is 0.407 e. The highest BCUT2D eigenvalue weighted by Gasteiger charge is 2.28. The summed E-state index contributed by atoms with van der Waals surface area (Å²) in [5, 5.41) is 12.4. The molecular formula is C18H21N5O4. The van der Waals surface area contributed by atoms with E-state index in [1.54, 1.807) is 4.90 Å². The number of aryl methyl sites for hydroxylation is 1. The van der Waals surface area contributed by atoms with Gasteiger partial charge in [-0.3, -0.25) is 15.0 Å². The standard InChI is InChI=1S/C18H21N5O4/c1-20-6-4-12-13(23-7-5-15(24)19-17(23)25)2-3-14(16(12)20)21-8-10-22(11-9-21)18(26)27/h2-4,6H,5,7-11H2,1H3,(H,26,27)(H,19,24,25). The topological polar surface area (TPSA) is 98.1 Å². The molecule has 1 aromatic carbocycles. The number of carbonyl (C=O) groups is 3. The first-order chi connectivity index (χ1) is 13.0. The summed E-state index contributed by atoms with van der Waals surface area (Å²) in [6, 6.07) is 5.43. The number of rotatable bonds is 2. The molecule has 0 bridgehead atoms. The van der Waals surface area contributed by atoms with Crippen LogP contribution >= 0.6 is 0 Å². The van der Waals surface area contributed by atoms with Crippen LogP contribution in [0, 0.1) is 0 Å². The number of nitrogens with one attached hydrogen (secondary N) is 1. The maximum atomic E-state index is 12.3. The minimum absolute atomic E-state index is 0.256. The van der Waals surface area contributed by atoms with Gasteiger partial charge in [0.1, 0.15) is 0 Å². The number of fused-ring (bicyclic) bond motifs is 1. The highest BCUT2D eigenvalue weighted by atomic mass is 16.4. The highest BCUT2D eigenvalue weighted by Crippen LogP contribution is 2.36.